The monoisotopic (exact) mass is 281 g/mol. The molecule has 5 heteroatoms. The maximum Gasteiger partial charge on any atom is 0.257 e. The van der Waals surface area contributed by atoms with Gasteiger partial charge < -0.3 is 9.26 Å². The number of rotatable bonds is 4. The quantitative estimate of drug-likeness (QED) is 0.733. The molecule has 2 aromatic heterocycles. The van der Waals surface area contributed by atoms with Crippen LogP contribution in [0.4, 0.5) is 0 Å². The highest BCUT2D eigenvalue weighted by atomic mass is 16.5. The largest absolute Gasteiger partial charge is 0.496 e. The smallest absolute Gasteiger partial charge is 0.257 e. The predicted molar refractivity (Wildman–Crippen MR) is 78.9 cm³/mol. The zero-order valence-corrected chi connectivity index (χ0v) is 11.9. The number of hydrogen-bond acceptors (Lipinski definition) is 5. The molecule has 0 radical (unpaired) electrons. The number of nitrogens with zero attached hydrogens (tertiary/aromatic N) is 3. The van der Waals surface area contributed by atoms with Crippen molar-refractivity contribution in [1.29, 1.82) is 0 Å². The number of pyridine rings is 1. The van der Waals surface area contributed by atoms with Gasteiger partial charge in [-0.2, -0.15) is 4.98 Å². The average Bonchev–Trinajstić information content (AvgIpc) is 3.04. The Labute approximate surface area is 122 Å². The van der Waals surface area contributed by atoms with Crippen LogP contribution < -0.4 is 4.74 Å². The van der Waals surface area contributed by atoms with Crippen LogP contribution in [0, 0.1) is 0 Å². The Hall–Kier alpha value is -2.69. The minimum atomic E-state index is 0.506. The molecule has 0 unspecified atom stereocenters. The molecular formula is C16H15N3O2. The molecule has 0 N–H and O–H groups in total. The Bertz CT molecular complexity index is 738. The Morgan fingerprint density at radius 2 is 2.10 bits per heavy atom. The van der Waals surface area contributed by atoms with E-state index < -0.39 is 0 Å². The third-order valence-corrected chi connectivity index (χ3v) is 3.17. The summed E-state index contributed by atoms with van der Waals surface area (Å²) in [5.74, 6) is 1.96. The van der Waals surface area contributed by atoms with Crippen LogP contribution in [0.5, 0.6) is 5.75 Å². The summed E-state index contributed by atoms with van der Waals surface area (Å²) in [4.78, 5) is 8.72. The number of aryl methyl sites for hydroxylation is 1. The maximum absolute atomic E-state index is 5.41. The van der Waals surface area contributed by atoms with E-state index in [-0.39, 0.29) is 0 Å². The molecule has 3 rings (SSSR count). The fraction of sp³-hybridized carbons (Fsp3) is 0.188. The fourth-order valence-electron chi connectivity index (χ4n) is 2.08. The Morgan fingerprint density at radius 3 is 2.76 bits per heavy atom. The van der Waals surface area contributed by atoms with Crippen molar-refractivity contribution in [2.45, 2.75) is 13.3 Å². The van der Waals surface area contributed by atoms with Crippen LogP contribution in [0.3, 0.4) is 0 Å². The van der Waals surface area contributed by atoms with Crippen molar-refractivity contribution in [3.63, 3.8) is 0 Å². The minimum absolute atomic E-state index is 0.506. The van der Waals surface area contributed by atoms with Gasteiger partial charge in [-0.3, -0.25) is 4.98 Å². The SMILES string of the molecule is CCc1noc(-c2ccc(OC)c(-c3ccccn3)c2)n1. The molecule has 3 aromatic rings. The zero-order chi connectivity index (χ0) is 14.7. The third kappa shape index (κ3) is 2.63. The van der Waals surface area contributed by atoms with Crippen molar-refractivity contribution < 1.29 is 9.26 Å². The summed E-state index contributed by atoms with van der Waals surface area (Å²) < 4.78 is 10.7. The van der Waals surface area contributed by atoms with Crippen LogP contribution in [0.2, 0.25) is 0 Å². The molecule has 21 heavy (non-hydrogen) atoms. The van der Waals surface area contributed by atoms with Gasteiger partial charge in [-0.1, -0.05) is 18.1 Å². The molecule has 0 atom stereocenters. The first kappa shape index (κ1) is 13.3. The molecule has 0 spiro atoms. The van der Waals surface area contributed by atoms with Crippen LogP contribution in [-0.2, 0) is 6.42 Å². The summed E-state index contributed by atoms with van der Waals surface area (Å²) in [6, 6.07) is 11.5. The van der Waals surface area contributed by atoms with Crippen molar-refractivity contribution in [3.8, 4) is 28.5 Å². The zero-order valence-electron chi connectivity index (χ0n) is 11.9. The molecule has 0 aliphatic heterocycles. The number of hydrogen-bond donors (Lipinski definition) is 0. The molecule has 0 aliphatic rings. The van der Waals surface area contributed by atoms with E-state index in [2.05, 4.69) is 15.1 Å². The van der Waals surface area contributed by atoms with Crippen molar-refractivity contribution >= 4 is 0 Å². The van der Waals surface area contributed by atoms with E-state index in [0.717, 1.165) is 29.0 Å². The van der Waals surface area contributed by atoms with Gasteiger partial charge in [0.25, 0.3) is 5.89 Å². The van der Waals surface area contributed by atoms with Crippen LogP contribution in [0.25, 0.3) is 22.7 Å². The molecule has 5 nitrogen and oxygen atoms in total. The lowest BCUT2D eigenvalue weighted by Crippen LogP contribution is -1.91. The summed E-state index contributed by atoms with van der Waals surface area (Å²) in [7, 11) is 1.64. The summed E-state index contributed by atoms with van der Waals surface area (Å²) >= 11 is 0. The molecule has 2 heterocycles. The fourth-order valence-corrected chi connectivity index (χ4v) is 2.08. The Kier molecular flexibility index (Phi) is 3.64. The molecule has 1 aromatic carbocycles. The van der Waals surface area contributed by atoms with E-state index in [0.29, 0.717) is 11.7 Å². The lowest BCUT2D eigenvalue weighted by Gasteiger charge is -2.08. The van der Waals surface area contributed by atoms with Crippen molar-refractivity contribution in [3.05, 3.63) is 48.4 Å². The predicted octanol–water partition coefficient (Wildman–Crippen LogP) is 3.37. The molecular weight excluding hydrogens is 266 g/mol. The van der Waals surface area contributed by atoms with Gasteiger partial charge in [0.05, 0.1) is 12.8 Å². The van der Waals surface area contributed by atoms with E-state index in [9.17, 15) is 0 Å². The minimum Gasteiger partial charge on any atom is -0.496 e. The number of aromatic nitrogens is 3. The van der Waals surface area contributed by atoms with Crippen molar-refractivity contribution in [2.24, 2.45) is 0 Å². The van der Waals surface area contributed by atoms with E-state index >= 15 is 0 Å². The summed E-state index contributed by atoms with van der Waals surface area (Å²) in [5.41, 5.74) is 2.59. The van der Waals surface area contributed by atoms with Crippen LogP contribution in [0.15, 0.2) is 47.1 Å². The highest BCUT2D eigenvalue weighted by molar-refractivity contribution is 5.73. The summed E-state index contributed by atoms with van der Waals surface area (Å²) in [6.45, 7) is 1.99. The van der Waals surface area contributed by atoms with E-state index in [1.165, 1.54) is 0 Å². The molecule has 0 amide bonds. The number of ether oxygens (including phenoxy) is 1. The van der Waals surface area contributed by atoms with Gasteiger partial charge in [0.15, 0.2) is 5.82 Å². The lowest BCUT2D eigenvalue weighted by atomic mass is 10.1. The van der Waals surface area contributed by atoms with Crippen LogP contribution in [0.1, 0.15) is 12.7 Å². The topological polar surface area (TPSA) is 61.0 Å². The highest BCUT2D eigenvalue weighted by Crippen LogP contribution is 2.32. The van der Waals surface area contributed by atoms with Gasteiger partial charge in [-0.15, -0.1) is 0 Å². The van der Waals surface area contributed by atoms with Crippen LogP contribution >= 0.6 is 0 Å². The van der Waals surface area contributed by atoms with Gasteiger partial charge in [0.1, 0.15) is 5.75 Å². The maximum atomic E-state index is 5.41. The standard InChI is InChI=1S/C16H15N3O2/c1-3-15-18-16(21-19-15)11-7-8-14(20-2)12(10-11)13-6-4-5-9-17-13/h4-10H,3H2,1-2H3. The molecule has 0 bridgehead atoms. The third-order valence-electron chi connectivity index (χ3n) is 3.17. The summed E-state index contributed by atoms with van der Waals surface area (Å²) in [6.07, 6.45) is 2.50. The summed E-state index contributed by atoms with van der Waals surface area (Å²) in [5, 5.41) is 3.92. The van der Waals surface area contributed by atoms with Gasteiger partial charge >= 0.3 is 0 Å². The van der Waals surface area contributed by atoms with Crippen LogP contribution in [-0.4, -0.2) is 22.2 Å². The molecule has 0 saturated heterocycles. The van der Waals surface area contributed by atoms with Gasteiger partial charge in [-0.25, -0.2) is 0 Å². The molecule has 0 fully saturated rings. The first-order chi connectivity index (χ1) is 10.3. The molecule has 0 aliphatic carbocycles. The first-order valence-electron chi connectivity index (χ1n) is 6.74. The normalized spacial score (nSPS) is 10.6. The van der Waals surface area contributed by atoms with E-state index in [1.807, 2.05) is 43.3 Å². The second-order valence-corrected chi connectivity index (χ2v) is 4.50. The van der Waals surface area contributed by atoms with E-state index in [1.54, 1.807) is 13.3 Å². The van der Waals surface area contributed by atoms with Crippen molar-refractivity contribution in [1.82, 2.24) is 15.1 Å². The lowest BCUT2D eigenvalue weighted by molar-refractivity contribution is 0.415. The molecule has 106 valence electrons. The second-order valence-electron chi connectivity index (χ2n) is 4.50. The average molecular weight is 281 g/mol. The number of methoxy groups -OCH3 is 1. The first-order valence-corrected chi connectivity index (χ1v) is 6.74. The Morgan fingerprint density at radius 1 is 1.19 bits per heavy atom. The number of benzene rings is 1. The van der Waals surface area contributed by atoms with E-state index in [4.69, 9.17) is 9.26 Å². The van der Waals surface area contributed by atoms with Gasteiger partial charge in [-0.05, 0) is 30.3 Å². The Balaban J connectivity index is 2.08. The van der Waals surface area contributed by atoms with Crippen molar-refractivity contribution in [2.75, 3.05) is 7.11 Å². The van der Waals surface area contributed by atoms with Gasteiger partial charge in [0, 0.05) is 23.7 Å². The highest BCUT2D eigenvalue weighted by Gasteiger charge is 2.13. The second kappa shape index (κ2) is 5.75. The van der Waals surface area contributed by atoms with Gasteiger partial charge in [0.2, 0.25) is 0 Å². The molecule has 0 saturated carbocycles.